The summed E-state index contributed by atoms with van der Waals surface area (Å²) < 4.78 is 32.0. The number of hydrogen-bond acceptors (Lipinski definition) is 5. The van der Waals surface area contributed by atoms with Crippen molar-refractivity contribution < 1.29 is 22.7 Å². The number of hydrogen-bond donors (Lipinski definition) is 1. The van der Waals surface area contributed by atoms with Crippen LogP contribution in [-0.4, -0.2) is 57.6 Å². The Morgan fingerprint density at radius 1 is 0.950 bits per heavy atom. The molecule has 0 fully saturated rings. The third kappa shape index (κ3) is 8.99. The van der Waals surface area contributed by atoms with Crippen molar-refractivity contribution in [3.05, 3.63) is 95.0 Å². The number of nitrogens with zero attached hydrogens (tertiary/aromatic N) is 2. The van der Waals surface area contributed by atoms with Crippen LogP contribution in [0, 0.1) is 5.92 Å². The molecule has 1 N–H and O–H groups in total. The van der Waals surface area contributed by atoms with Crippen LogP contribution in [0.25, 0.3) is 0 Å². The molecule has 0 aliphatic rings. The molecule has 2 amide bonds. The lowest BCUT2D eigenvalue weighted by atomic mass is 10.0. The number of nitrogens with one attached hydrogen (secondary N) is 1. The number of methoxy groups -OCH3 is 1. The molecule has 3 aromatic carbocycles. The molecule has 0 saturated carbocycles. The van der Waals surface area contributed by atoms with Crippen LogP contribution in [0.15, 0.2) is 78.9 Å². The Balaban J connectivity index is 2.04. The zero-order chi connectivity index (χ0) is 29.3. The highest BCUT2D eigenvalue weighted by atomic mass is 35.5. The predicted octanol–water partition coefficient (Wildman–Crippen LogP) is 4.53. The number of carbonyl (C=O) groups excluding carboxylic acids is 2. The second kappa shape index (κ2) is 14.2. The molecule has 1 atom stereocenters. The van der Waals surface area contributed by atoms with Gasteiger partial charge in [-0.1, -0.05) is 74.0 Å². The van der Waals surface area contributed by atoms with Crippen molar-refractivity contribution in [2.75, 3.05) is 30.8 Å². The van der Waals surface area contributed by atoms with Gasteiger partial charge in [0.25, 0.3) is 0 Å². The van der Waals surface area contributed by atoms with E-state index in [9.17, 15) is 18.0 Å². The van der Waals surface area contributed by atoms with Gasteiger partial charge in [0.1, 0.15) is 18.3 Å². The number of halogens is 1. The molecule has 3 rings (SSSR count). The van der Waals surface area contributed by atoms with Crippen molar-refractivity contribution in [3.63, 3.8) is 0 Å². The second-order valence-electron chi connectivity index (χ2n) is 9.96. The molecule has 214 valence electrons. The zero-order valence-electron chi connectivity index (χ0n) is 23.2. The average Bonchev–Trinajstić information content (AvgIpc) is 2.93. The van der Waals surface area contributed by atoms with Gasteiger partial charge in [-0.15, -0.1) is 0 Å². The summed E-state index contributed by atoms with van der Waals surface area (Å²) in [5.74, 6) is -0.182. The molecule has 0 radical (unpaired) electrons. The first-order chi connectivity index (χ1) is 19.0. The molecule has 0 aliphatic carbocycles. The SMILES string of the molecule is COc1cccc(N(CC(=O)N(Cc2ccc(Cl)cc2)C(Cc2ccccc2)C(=O)NCC(C)C)S(C)(=O)=O)c1. The summed E-state index contributed by atoms with van der Waals surface area (Å²) in [5, 5.41) is 3.50. The molecule has 0 saturated heterocycles. The van der Waals surface area contributed by atoms with Gasteiger partial charge in [0.05, 0.1) is 19.1 Å². The maximum atomic E-state index is 14.1. The van der Waals surface area contributed by atoms with Crippen LogP contribution in [0.5, 0.6) is 5.75 Å². The van der Waals surface area contributed by atoms with Crippen LogP contribution >= 0.6 is 11.6 Å². The fraction of sp³-hybridized carbons (Fsp3) is 0.333. The van der Waals surface area contributed by atoms with Crippen LogP contribution in [-0.2, 0) is 32.6 Å². The van der Waals surface area contributed by atoms with E-state index in [-0.39, 0.29) is 30.5 Å². The van der Waals surface area contributed by atoms with E-state index in [2.05, 4.69) is 5.32 Å². The average molecular weight is 586 g/mol. The number of anilines is 1. The Morgan fingerprint density at radius 3 is 2.23 bits per heavy atom. The summed E-state index contributed by atoms with van der Waals surface area (Å²) in [6.07, 6.45) is 1.29. The molecule has 3 aromatic rings. The third-order valence-electron chi connectivity index (χ3n) is 6.24. The highest BCUT2D eigenvalue weighted by molar-refractivity contribution is 7.92. The first-order valence-corrected chi connectivity index (χ1v) is 15.2. The first kappa shape index (κ1) is 31.0. The van der Waals surface area contributed by atoms with E-state index >= 15 is 0 Å². The fourth-order valence-corrected chi connectivity index (χ4v) is 5.11. The highest BCUT2D eigenvalue weighted by Gasteiger charge is 2.33. The summed E-state index contributed by atoms with van der Waals surface area (Å²) in [6.45, 7) is 4.00. The van der Waals surface area contributed by atoms with Crippen LogP contribution in [0.3, 0.4) is 0 Å². The van der Waals surface area contributed by atoms with Gasteiger partial charge in [0.2, 0.25) is 21.8 Å². The minimum Gasteiger partial charge on any atom is -0.497 e. The highest BCUT2D eigenvalue weighted by Crippen LogP contribution is 2.24. The Labute approximate surface area is 241 Å². The van der Waals surface area contributed by atoms with E-state index in [1.165, 1.54) is 12.0 Å². The topological polar surface area (TPSA) is 96.0 Å². The predicted molar refractivity (Wildman–Crippen MR) is 159 cm³/mol. The Kier molecular flexibility index (Phi) is 11.0. The quantitative estimate of drug-likeness (QED) is 0.318. The van der Waals surface area contributed by atoms with Crippen molar-refractivity contribution in [3.8, 4) is 5.75 Å². The van der Waals surface area contributed by atoms with Gasteiger partial charge in [0, 0.05) is 30.6 Å². The Morgan fingerprint density at radius 2 is 1.62 bits per heavy atom. The summed E-state index contributed by atoms with van der Waals surface area (Å²) in [7, 11) is -2.38. The van der Waals surface area contributed by atoms with E-state index in [1.807, 2.05) is 44.2 Å². The third-order valence-corrected chi connectivity index (χ3v) is 7.63. The molecule has 0 spiro atoms. The number of sulfonamides is 1. The molecule has 10 heteroatoms. The zero-order valence-corrected chi connectivity index (χ0v) is 24.8. The van der Waals surface area contributed by atoms with Gasteiger partial charge in [-0.25, -0.2) is 8.42 Å². The van der Waals surface area contributed by atoms with Crippen LogP contribution in [0.1, 0.15) is 25.0 Å². The monoisotopic (exact) mass is 585 g/mol. The van der Waals surface area contributed by atoms with E-state index in [1.54, 1.807) is 48.5 Å². The Hall–Kier alpha value is -3.56. The molecular formula is C30H36ClN3O5S. The van der Waals surface area contributed by atoms with Crippen molar-refractivity contribution in [1.82, 2.24) is 10.2 Å². The summed E-state index contributed by atoms with van der Waals surface area (Å²) in [5.41, 5.74) is 1.90. The normalized spacial score (nSPS) is 12.1. The number of amides is 2. The molecule has 0 aliphatic heterocycles. The number of rotatable bonds is 13. The lowest BCUT2D eigenvalue weighted by molar-refractivity contribution is -0.140. The molecule has 0 bridgehead atoms. The molecule has 1 unspecified atom stereocenters. The lowest BCUT2D eigenvalue weighted by Crippen LogP contribution is -2.53. The lowest BCUT2D eigenvalue weighted by Gasteiger charge is -2.33. The fourth-order valence-electron chi connectivity index (χ4n) is 4.14. The second-order valence-corrected chi connectivity index (χ2v) is 12.3. The molecule has 8 nitrogen and oxygen atoms in total. The van der Waals surface area contributed by atoms with E-state index in [4.69, 9.17) is 16.3 Å². The summed E-state index contributed by atoms with van der Waals surface area (Å²) in [6, 6.07) is 22.0. The van der Waals surface area contributed by atoms with E-state index in [0.29, 0.717) is 17.3 Å². The minimum atomic E-state index is -3.86. The van der Waals surface area contributed by atoms with E-state index in [0.717, 1.165) is 21.7 Å². The van der Waals surface area contributed by atoms with Crippen LogP contribution in [0.2, 0.25) is 5.02 Å². The summed E-state index contributed by atoms with van der Waals surface area (Å²) in [4.78, 5) is 29.1. The van der Waals surface area contributed by atoms with Gasteiger partial charge < -0.3 is 15.0 Å². The van der Waals surface area contributed by atoms with Crippen molar-refractivity contribution >= 4 is 39.1 Å². The number of benzene rings is 3. The maximum absolute atomic E-state index is 14.1. The molecule has 0 heterocycles. The standard InChI is InChI=1S/C30H36ClN3O5S/c1-22(2)19-32-30(36)28(17-23-9-6-5-7-10-23)33(20-24-13-15-25(31)16-14-24)29(35)21-34(40(4,37)38)26-11-8-12-27(18-26)39-3/h5-16,18,22,28H,17,19-21H2,1-4H3,(H,32,36). The van der Waals surface area contributed by atoms with Gasteiger partial charge in [-0.2, -0.15) is 0 Å². The van der Waals surface area contributed by atoms with Gasteiger partial charge in [-0.05, 0) is 41.3 Å². The van der Waals surface area contributed by atoms with Crippen LogP contribution in [0.4, 0.5) is 5.69 Å². The van der Waals surface area contributed by atoms with Gasteiger partial charge >= 0.3 is 0 Å². The van der Waals surface area contributed by atoms with Crippen LogP contribution < -0.4 is 14.4 Å². The minimum absolute atomic E-state index is 0.0817. The molecular weight excluding hydrogens is 550 g/mol. The molecule has 40 heavy (non-hydrogen) atoms. The first-order valence-electron chi connectivity index (χ1n) is 12.9. The molecule has 0 aromatic heterocycles. The van der Waals surface area contributed by atoms with Gasteiger partial charge in [-0.3, -0.25) is 13.9 Å². The van der Waals surface area contributed by atoms with Crippen molar-refractivity contribution in [1.29, 1.82) is 0 Å². The van der Waals surface area contributed by atoms with E-state index < -0.39 is 28.5 Å². The smallest absolute Gasteiger partial charge is 0.244 e. The number of carbonyl (C=O) groups is 2. The van der Waals surface area contributed by atoms with Crippen molar-refractivity contribution in [2.24, 2.45) is 5.92 Å². The van der Waals surface area contributed by atoms with Crippen molar-refractivity contribution in [2.45, 2.75) is 32.9 Å². The summed E-state index contributed by atoms with van der Waals surface area (Å²) >= 11 is 6.09. The Bertz CT molecular complexity index is 1380. The largest absolute Gasteiger partial charge is 0.497 e. The number of ether oxygens (including phenoxy) is 1. The van der Waals surface area contributed by atoms with Gasteiger partial charge in [0.15, 0.2) is 0 Å². The maximum Gasteiger partial charge on any atom is 0.244 e.